The van der Waals surface area contributed by atoms with Crippen LogP contribution in [0.2, 0.25) is 0 Å². The average Bonchev–Trinajstić information content (AvgIpc) is 3.26. The Bertz CT molecular complexity index is 687. The van der Waals surface area contributed by atoms with Crippen molar-refractivity contribution in [2.75, 3.05) is 19.6 Å². The number of carbonyl (C=O) groups excluding carboxylic acids is 2. The van der Waals surface area contributed by atoms with Crippen LogP contribution in [0.1, 0.15) is 38.5 Å². The lowest BCUT2D eigenvalue weighted by Crippen LogP contribution is -2.56. The maximum atomic E-state index is 12.7. The Balaban J connectivity index is 1.52. The molecule has 1 aliphatic carbocycles. The summed E-state index contributed by atoms with van der Waals surface area (Å²) >= 11 is 0. The third-order valence-corrected chi connectivity index (χ3v) is 6.11. The molecule has 0 aromatic heterocycles. The molecule has 4 rings (SSSR count). The number of hydrogen-bond donors (Lipinski definition) is 2. The highest BCUT2D eigenvalue weighted by Crippen LogP contribution is 2.59. The number of piperidine rings is 2. The molecule has 3 amide bonds. The Morgan fingerprint density at radius 2 is 1.92 bits per heavy atom. The van der Waals surface area contributed by atoms with E-state index >= 15 is 0 Å². The molecule has 3 heterocycles. The highest BCUT2D eigenvalue weighted by Gasteiger charge is 2.65. The minimum absolute atomic E-state index is 0.229. The lowest BCUT2D eigenvalue weighted by Gasteiger charge is -2.37. The van der Waals surface area contributed by atoms with Gasteiger partial charge in [0.1, 0.15) is 6.04 Å². The molecule has 0 aromatic carbocycles. The Morgan fingerprint density at radius 1 is 1.24 bits per heavy atom. The number of rotatable bonds is 4. The lowest BCUT2D eigenvalue weighted by molar-refractivity contribution is -0.132. The van der Waals surface area contributed by atoms with Gasteiger partial charge in [0.25, 0.3) is 5.91 Å². The molecule has 1 spiro atoms. The van der Waals surface area contributed by atoms with Gasteiger partial charge in [0, 0.05) is 19.6 Å². The molecule has 2 atom stereocenters. The van der Waals surface area contributed by atoms with E-state index in [9.17, 15) is 18.0 Å². The zero-order valence-corrected chi connectivity index (χ0v) is 14.6. The molecule has 10 nitrogen and oxygen atoms in total. The number of urea groups is 1. The second kappa shape index (κ2) is 5.79. The van der Waals surface area contributed by atoms with E-state index in [0.29, 0.717) is 6.42 Å². The van der Waals surface area contributed by atoms with E-state index < -0.39 is 28.5 Å². The number of nitrogens with one attached hydrogen (secondary N) is 1. The average molecular weight is 374 g/mol. The molecule has 140 valence electrons. The molecule has 4 fully saturated rings. The van der Waals surface area contributed by atoms with Crippen LogP contribution in [0, 0.1) is 5.41 Å². The van der Waals surface area contributed by atoms with Crippen molar-refractivity contribution in [3.63, 3.8) is 0 Å². The van der Waals surface area contributed by atoms with Crippen molar-refractivity contribution < 1.29 is 26.8 Å². The monoisotopic (exact) mass is 374 g/mol. The van der Waals surface area contributed by atoms with E-state index in [1.165, 1.54) is 4.90 Å². The molecule has 0 aromatic rings. The highest BCUT2D eigenvalue weighted by atomic mass is 32.3. The topological polar surface area (TPSA) is 119 Å². The van der Waals surface area contributed by atoms with Crippen molar-refractivity contribution in [2.24, 2.45) is 5.41 Å². The zero-order valence-electron chi connectivity index (χ0n) is 13.8. The van der Waals surface area contributed by atoms with Gasteiger partial charge in [-0.2, -0.15) is 13.5 Å². The SMILES string of the molecule is O=C(NN1CCCCC1)[C@@H]1CC2(CC2)[C@@H]2CN1C(=O)N2OS(=O)(=O)O. The molecule has 3 aliphatic heterocycles. The molecule has 25 heavy (non-hydrogen) atoms. The van der Waals surface area contributed by atoms with Gasteiger partial charge >= 0.3 is 16.4 Å². The maximum absolute atomic E-state index is 12.7. The molecule has 2 bridgehead atoms. The van der Waals surface area contributed by atoms with Crippen LogP contribution in [0.15, 0.2) is 0 Å². The summed E-state index contributed by atoms with van der Waals surface area (Å²) in [6.07, 6.45) is 5.28. The van der Waals surface area contributed by atoms with Crippen molar-refractivity contribution in [3.05, 3.63) is 0 Å². The molecule has 4 aliphatic rings. The van der Waals surface area contributed by atoms with E-state index in [4.69, 9.17) is 4.55 Å². The molecule has 2 N–H and O–H groups in total. The summed E-state index contributed by atoms with van der Waals surface area (Å²) in [5, 5.41) is 2.61. The fraction of sp³-hybridized carbons (Fsp3) is 0.857. The van der Waals surface area contributed by atoms with Gasteiger partial charge in [-0.25, -0.2) is 9.80 Å². The van der Waals surface area contributed by atoms with Gasteiger partial charge in [0.05, 0.1) is 6.04 Å². The van der Waals surface area contributed by atoms with E-state index in [1.807, 2.05) is 5.01 Å². The van der Waals surface area contributed by atoms with Gasteiger partial charge in [0.15, 0.2) is 0 Å². The Hall–Kier alpha value is -1.43. The van der Waals surface area contributed by atoms with Crippen LogP contribution in [-0.2, 0) is 19.5 Å². The first-order valence-electron chi connectivity index (χ1n) is 8.61. The first-order chi connectivity index (χ1) is 11.8. The van der Waals surface area contributed by atoms with E-state index in [0.717, 1.165) is 50.3 Å². The number of hydrogen-bond acceptors (Lipinski definition) is 6. The van der Waals surface area contributed by atoms with Crippen molar-refractivity contribution >= 4 is 22.3 Å². The van der Waals surface area contributed by atoms with Crippen molar-refractivity contribution in [2.45, 2.75) is 50.6 Å². The lowest BCUT2D eigenvalue weighted by atomic mass is 9.85. The van der Waals surface area contributed by atoms with Crippen LogP contribution in [0.5, 0.6) is 0 Å². The second-order valence-corrected chi connectivity index (χ2v) is 8.39. The van der Waals surface area contributed by atoms with Gasteiger partial charge in [-0.1, -0.05) is 6.42 Å². The first kappa shape index (κ1) is 17.0. The first-order valence-corrected chi connectivity index (χ1v) is 9.98. The number of hydroxylamine groups is 2. The van der Waals surface area contributed by atoms with Crippen LogP contribution in [0.25, 0.3) is 0 Å². The van der Waals surface area contributed by atoms with Crippen LogP contribution in [0.4, 0.5) is 4.79 Å². The summed E-state index contributed by atoms with van der Waals surface area (Å²) in [6, 6.07) is -1.80. The van der Waals surface area contributed by atoms with Gasteiger partial charge in [-0.05, 0) is 37.5 Å². The second-order valence-electron chi connectivity index (χ2n) is 7.38. The molecule has 0 unspecified atom stereocenters. The summed E-state index contributed by atoms with van der Waals surface area (Å²) in [5.74, 6) is -0.242. The molecule has 0 radical (unpaired) electrons. The quantitative estimate of drug-likeness (QED) is 0.659. The van der Waals surface area contributed by atoms with Gasteiger partial charge in [-0.15, -0.1) is 4.28 Å². The molecule has 3 saturated heterocycles. The Morgan fingerprint density at radius 3 is 2.52 bits per heavy atom. The number of hydrazine groups is 1. The van der Waals surface area contributed by atoms with E-state index in [1.54, 1.807) is 0 Å². The van der Waals surface area contributed by atoms with E-state index in [2.05, 4.69) is 9.71 Å². The smallest absolute Gasteiger partial charge is 0.309 e. The molecular formula is C14H22N4O6S. The van der Waals surface area contributed by atoms with Gasteiger partial charge < -0.3 is 4.90 Å². The van der Waals surface area contributed by atoms with E-state index in [-0.39, 0.29) is 17.9 Å². The number of amides is 3. The third kappa shape index (κ3) is 3.09. The van der Waals surface area contributed by atoms with Crippen molar-refractivity contribution in [1.82, 2.24) is 20.4 Å². The van der Waals surface area contributed by atoms with Crippen molar-refractivity contribution in [1.29, 1.82) is 0 Å². The largest absolute Gasteiger partial charge is 0.418 e. The van der Waals surface area contributed by atoms with Crippen LogP contribution in [-0.4, -0.2) is 71.6 Å². The molecule has 11 heteroatoms. The standard InChI is InChI=1S/C14H22N4O6S/c19-12(15-16-6-2-1-3-7-16)10-8-14(4-5-14)11-9-17(10)13(20)18(11)24-25(21,22)23/h10-11H,1-9H2,(H,15,19)(H,21,22,23)/t10-,11-/m0/s1. The predicted octanol–water partition coefficient (Wildman–Crippen LogP) is -0.103. The van der Waals surface area contributed by atoms with Crippen LogP contribution >= 0.6 is 0 Å². The number of nitrogens with zero attached hydrogens (tertiary/aromatic N) is 3. The minimum atomic E-state index is -4.79. The summed E-state index contributed by atoms with van der Waals surface area (Å²) in [5.41, 5.74) is 2.59. The fourth-order valence-corrected chi connectivity index (χ4v) is 4.66. The van der Waals surface area contributed by atoms with Crippen molar-refractivity contribution in [3.8, 4) is 0 Å². The van der Waals surface area contributed by atoms with Gasteiger partial charge in [0.2, 0.25) is 0 Å². The maximum Gasteiger partial charge on any atom is 0.418 e. The van der Waals surface area contributed by atoms with Crippen LogP contribution < -0.4 is 5.43 Å². The highest BCUT2D eigenvalue weighted by molar-refractivity contribution is 7.80. The number of carbonyl (C=O) groups is 2. The zero-order chi connectivity index (χ0) is 17.8. The predicted molar refractivity (Wildman–Crippen MR) is 84.0 cm³/mol. The minimum Gasteiger partial charge on any atom is -0.309 e. The number of fused-ring (bicyclic) bond motifs is 3. The summed E-state index contributed by atoms with van der Waals surface area (Å²) in [4.78, 5) is 26.6. The summed E-state index contributed by atoms with van der Waals surface area (Å²) in [7, 11) is -4.79. The van der Waals surface area contributed by atoms with Crippen LogP contribution in [0.3, 0.4) is 0 Å². The normalized spacial score (nSPS) is 31.5. The Labute approximate surface area is 145 Å². The Kier molecular flexibility index (Phi) is 3.94. The summed E-state index contributed by atoms with van der Waals surface area (Å²) in [6.45, 7) is 1.81. The summed E-state index contributed by atoms with van der Waals surface area (Å²) < 4.78 is 35.6. The fourth-order valence-electron chi connectivity index (χ4n) is 4.29. The van der Waals surface area contributed by atoms with Gasteiger partial charge in [-0.3, -0.25) is 14.8 Å². The third-order valence-electron chi connectivity index (χ3n) is 5.76. The molecule has 1 saturated carbocycles. The molecular weight excluding hydrogens is 352 g/mol.